The molecule has 114 valence electrons. The second kappa shape index (κ2) is 4.95. The molecule has 0 spiro atoms. The van der Waals surface area contributed by atoms with Gasteiger partial charge in [-0.05, 0) is 24.5 Å². The maximum atomic E-state index is 12.4. The lowest BCUT2D eigenvalue weighted by atomic mass is 10.2. The van der Waals surface area contributed by atoms with E-state index in [0.29, 0.717) is 24.0 Å². The number of aromatic nitrogens is 2. The molecule has 1 fully saturated rings. The first kappa shape index (κ1) is 13.5. The lowest BCUT2D eigenvalue weighted by Gasteiger charge is -2.09. The summed E-state index contributed by atoms with van der Waals surface area (Å²) in [5, 5.41) is 0. The van der Waals surface area contributed by atoms with Crippen LogP contribution in [0, 0.1) is 0 Å². The molecule has 1 saturated carbocycles. The van der Waals surface area contributed by atoms with Gasteiger partial charge in [-0.1, -0.05) is 6.07 Å². The smallest absolute Gasteiger partial charge is 0.262 e. The van der Waals surface area contributed by atoms with Gasteiger partial charge in [-0.25, -0.2) is 18.4 Å². The summed E-state index contributed by atoms with van der Waals surface area (Å²) in [5.74, 6) is 1.87. The Hall–Kier alpha value is -2.15. The number of hydrogen-bond donors (Lipinski definition) is 1. The van der Waals surface area contributed by atoms with Crippen molar-refractivity contribution < 1.29 is 13.2 Å². The maximum Gasteiger partial charge on any atom is 0.262 e. The molecule has 1 N–H and O–H groups in total. The minimum Gasteiger partial charge on any atom is -0.493 e. The zero-order valence-electron chi connectivity index (χ0n) is 11.8. The molecule has 4 rings (SSSR count). The normalized spacial score (nSPS) is 16.9. The summed E-state index contributed by atoms with van der Waals surface area (Å²) >= 11 is 0. The van der Waals surface area contributed by atoms with Crippen molar-refractivity contribution in [3.8, 4) is 5.75 Å². The van der Waals surface area contributed by atoms with Gasteiger partial charge in [-0.3, -0.25) is 4.72 Å². The molecule has 2 aromatic rings. The van der Waals surface area contributed by atoms with E-state index in [2.05, 4.69) is 14.7 Å². The summed E-state index contributed by atoms with van der Waals surface area (Å²) < 4.78 is 32.7. The molecule has 7 heteroatoms. The maximum absolute atomic E-state index is 12.4. The number of sulfonamides is 1. The Morgan fingerprint density at radius 3 is 2.68 bits per heavy atom. The molecule has 6 nitrogen and oxygen atoms in total. The molecule has 0 unspecified atom stereocenters. The summed E-state index contributed by atoms with van der Waals surface area (Å²) in [4.78, 5) is 8.61. The van der Waals surface area contributed by atoms with Gasteiger partial charge in [0.05, 0.1) is 29.6 Å². The molecule has 1 aromatic heterocycles. The molecule has 1 aliphatic heterocycles. The van der Waals surface area contributed by atoms with Crippen LogP contribution in [0.4, 0.5) is 5.69 Å². The van der Waals surface area contributed by atoms with Crippen molar-refractivity contribution in [3.63, 3.8) is 0 Å². The first-order valence-corrected chi connectivity index (χ1v) is 8.71. The molecule has 2 aliphatic rings. The lowest BCUT2D eigenvalue weighted by Crippen LogP contribution is -2.13. The average Bonchev–Trinajstić information content (AvgIpc) is 3.25. The highest BCUT2D eigenvalue weighted by Crippen LogP contribution is 2.37. The van der Waals surface area contributed by atoms with Gasteiger partial charge < -0.3 is 4.74 Å². The summed E-state index contributed by atoms with van der Waals surface area (Å²) in [6.45, 7) is 0.600. The van der Waals surface area contributed by atoms with Crippen LogP contribution in [-0.4, -0.2) is 25.0 Å². The molecular weight excluding hydrogens is 302 g/mol. The van der Waals surface area contributed by atoms with E-state index in [1.807, 2.05) is 0 Å². The predicted molar refractivity (Wildman–Crippen MR) is 80.5 cm³/mol. The topological polar surface area (TPSA) is 81.2 Å². The number of benzene rings is 1. The zero-order chi connectivity index (χ0) is 15.2. The number of ether oxygens (including phenoxy) is 1. The number of anilines is 1. The van der Waals surface area contributed by atoms with Crippen LogP contribution in [0.2, 0.25) is 0 Å². The Kier molecular flexibility index (Phi) is 3.04. The van der Waals surface area contributed by atoms with E-state index in [-0.39, 0.29) is 4.90 Å². The van der Waals surface area contributed by atoms with Gasteiger partial charge in [0.1, 0.15) is 11.6 Å². The summed E-state index contributed by atoms with van der Waals surface area (Å²) in [6, 6.07) is 4.95. The van der Waals surface area contributed by atoms with E-state index < -0.39 is 10.0 Å². The Morgan fingerprint density at radius 1 is 1.18 bits per heavy atom. The first-order chi connectivity index (χ1) is 10.6. The van der Waals surface area contributed by atoms with Gasteiger partial charge >= 0.3 is 0 Å². The third-order valence-electron chi connectivity index (χ3n) is 3.84. The quantitative estimate of drug-likeness (QED) is 0.934. The highest BCUT2D eigenvalue weighted by Gasteiger charge is 2.26. The largest absolute Gasteiger partial charge is 0.493 e. The first-order valence-electron chi connectivity index (χ1n) is 7.22. The van der Waals surface area contributed by atoms with Crippen LogP contribution in [0.1, 0.15) is 30.1 Å². The summed E-state index contributed by atoms with van der Waals surface area (Å²) in [7, 11) is -3.66. The number of nitrogens with one attached hydrogen (secondary N) is 1. The minimum atomic E-state index is -3.66. The van der Waals surface area contributed by atoms with Crippen LogP contribution in [-0.2, 0) is 16.4 Å². The standard InChI is InChI=1S/C15H15N3O3S/c19-22(20,13-4-3-10-5-6-21-14(10)7-13)18-12-8-16-15(17-9-12)11-1-2-11/h3-4,7-9,11,18H,1-2,5-6H2. The highest BCUT2D eigenvalue weighted by molar-refractivity contribution is 7.92. The van der Waals surface area contributed by atoms with E-state index in [1.54, 1.807) is 18.2 Å². The van der Waals surface area contributed by atoms with Crippen molar-refractivity contribution in [1.29, 1.82) is 0 Å². The molecule has 0 atom stereocenters. The van der Waals surface area contributed by atoms with Crippen molar-refractivity contribution in [1.82, 2.24) is 9.97 Å². The third kappa shape index (κ3) is 2.52. The molecule has 1 aliphatic carbocycles. The fraction of sp³-hybridized carbons (Fsp3) is 0.333. The molecule has 1 aromatic carbocycles. The Morgan fingerprint density at radius 2 is 1.95 bits per heavy atom. The van der Waals surface area contributed by atoms with Crippen molar-refractivity contribution in [3.05, 3.63) is 42.0 Å². The van der Waals surface area contributed by atoms with Gasteiger partial charge in [-0.2, -0.15) is 0 Å². The number of fused-ring (bicyclic) bond motifs is 1. The predicted octanol–water partition coefficient (Wildman–Crippen LogP) is 2.09. The number of rotatable bonds is 4. The van der Waals surface area contributed by atoms with Crippen LogP contribution >= 0.6 is 0 Å². The number of nitrogens with zero attached hydrogens (tertiary/aromatic N) is 2. The van der Waals surface area contributed by atoms with Gasteiger partial charge in [0.15, 0.2) is 0 Å². The van der Waals surface area contributed by atoms with Crippen molar-refractivity contribution in [2.45, 2.75) is 30.1 Å². The number of hydrogen-bond acceptors (Lipinski definition) is 5. The summed E-state index contributed by atoms with van der Waals surface area (Å²) in [6.07, 6.45) is 6.07. The molecule has 0 bridgehead atoms. The average molecular weight is 317 g/mol. The Bertz CT molecular complexity index is 814. The van der Waals surface area contributed by atoms with Gasteiger partial charge in [0.25, 0.3) is 10.0 Å². The second-order valence-corrected chi connectivity index (χ2v) is 7.26. The van der Waals surface area contributed by atoms with E-state index in [9.17, 15) is 8.42 Å². The van der Waals surface area contributed by atoms with E-state index in [4.69, 9.17) is 4.74 Å². The fourth-order valence-electron chi connectivity index (χ4n) is 2.47. The van der Waals surface area contributed by atoms with Crippen LogP contribution < -0.4 is 9.46 Å². The SMILES string of the molecule is O=S(=O)(Nc1cnc(C2CC2)nc1)c1ccc2c(c1)OCC2. The van der Waals surface area contributed by atoms with Crippen molar-refractivity contribution >= 4 is 15.7 Å². The van der Waals surface area contributed by atoms with Crippen LogP contribution in [0.15, 0.2) is 35.5 Å². The molecule has 0 amide bonds. The van der Waals surface area contributed by atoms with Crippen LogP contribution in [0.3, 0.4) is 0 Å². The molecule has 22 heavy (non-hydrogen) atoms. The molecule has 0 radical (unpaired) electrons. The molecular formula is C15H15N3O3S. The Balaban J connectivity index is 1.57. The van der Waals surface area contributed by atoms with Gasteiger partial charge in [0.2, 0.25) is 0 Å². The van der Waals surface area contributed by atoms with Gasteiger partial charge in [-0.15, -0.1) is 0 Å². The monoisotopic (exact) mass is 317 g/mol. The van der Waals surface area contributed by atoms with Crippen LogP contribution in [0.25, 0.3) is 0 Å². The Labute approximate surface area is 128 Å². The zero-order valence-corrected chi connectivity index (χ0v) is 12.6. The third-order valence-corrected chi connectivity index (χ3v) is 5.22. The highest BCUT2D eigenvalue weighted by atomic mass is 32.2. The lowest BCUT2D eigenvalue weighted by molar-refractivity contribution is 0.356. The molecule has 0 saturated heterocycles. The van der Waals surface area contributed by atoms with E-state index >= 15 is 0 Å². The van der Waals surface area contributed by atoms with Crippen molar-refractivity contribution in [2.75, 3.05) is 11.3 Å². The second-order valence-electron chi connectivity index (χ2n) is 5.58. The van der Waals surface area contributed by atoms with E-state index in [0.717, 1.165) is 30.7 Å². The van der Waals surface area contributed by atoms with Crippen LogP contribution in [0.5, 0.6) is 5.75 Å². The van der Waals surface area contributed by atoms with E-state index in [1.165, 1.54) is 12.4 Å². The minimum absolute atomic E-state index is 0.180. The van der Waals surface area contributed by atoms with Gasteiger partial charge in [0, 0.05) is 18.4 Å². The summed E-state index contributed by atoms with van der Waals surface area (Å²) in [5.41, 5.74) is 1.40. The van der Waals surface area contributed by atoms with Crippen molar-refractivity contribution in [2.24, 2.45) is 0 Å². The fourth-order valence-corrected chi connectivity index (χ4v) is 3.51. The molecule has 2 heterocycles.